The number of hydrazine groups is 1. The summed E-state index contributed by atoms with van der Waals surface area (Å²) in [4.78, 5) is 24.3. The van der Waals surface area contributed by atoms with Gasteiger partial charge in [0.15, 0.2) is 5.82 Å². The molecule has 5 N–H and O–H groups in total. The topological polar surface area (TPSA) is 110 Å². The second-order valence-corrected chi connectivity index (χ2v) is 13.5. The molecule has 4 aliphatic rings. The minimum atomic E-state index is 0. The number of nitrogens with two attached hydrogens (primary N) is 1. The summed E-state index contributed by atoms with van der Waals surface area (Å²) in [6, 6.07) is 10.7. The number of allylic oxidation sites excluding steroid dienone is 7. The fraction of sp³-hybridized carbons (Fsp3) is 0.500. The van der Waals surface area contributed by atoms with E-state index in [9.17, 15) is 4.79 Å². The number of rotatable bonds is 16. The number of nitrogens with zero attached hydrogens (tertiary/aromatic N) is 4. The van der Waals surface area contributed by atoms with E-state index >= 15 is 0 Å². The van der Waals surface area contributed by atoms with Crippen molar-refractivity contribution in [2.24, 2.45) is 21.7 Å². The van der Waals surface area contributed by atoms with Crippen LogP contribution in [0.2, 0.25) is 0 Å². The number of amides is 1. The largest absolute Gasteiger partial charge is 0.356 e. The van der Waals surface area contributed by atoms with Crippen LogP contribution in [0.5, 0.6) is 0 Å². The first-order valence-corrected chi connectivity index (χ1v) is 19.1. The molecule has 1 saturated heterocycles. The van der Waals surface area contributed by atoms with Gasteiger partial charge in [-0.05, 0) is 81.3 Å². The molecule has 5 rings (SSSR count). The smallest absolute Gasteiger partial charge is 0.220 e. The lowest BCUT2D eigenvalue weighted by molar-refractivity contribution is -0.121. The van der Waals surface area contributed by atoms with E-state index in [2.05, 4.69) is 83.6 Å². The van der Waals surface area contributed by atoms with Crippen molar-refractivity contribution in [1.82, 2.24) is 25.9 Å². The average molecular weight is 825 g/mol. The van der Waals surface area contributed by atoms with Crippen LogP contribution in [0.25, 0.3) is 6.08 Å². The lowest BCUT2D eigenvalue weighted by Crippen LogP contribution is -2.35. The first-order valence-electron chi connectivity index (χ1n) is 19.1. The fourth-order valence-electron chi connectivity index (χ4n) is 6.28. The van der Waals surface area contributed by atoms with Crippen LogP contribution in [-0.2, 0) is 4.79 Å². The molecule has 9 nitrogen and oxygen atoms in total. The Bertz CT molecular complexity index is 1480. The molecular weight excluding hydrogens is 759 g/mol. The minimum Gasteiger partial charge on any atom is -0.356 e. The van der Waals surface area contributed by atoms with E-state index in [1.807, 2.05) is 63.4 Å². The van der Waals surface area contributed by atoms with Gasteiger partial charge in [0.1, 0.15) is 5.82 Å². The molecule has 1 aromatic rings. The molecule has 2 heterocycles. The highest BCUT2D eigenvalue weighted by Crippen LogP contribution is 2.41. The maximum Gasteiger partial charge on any atom is 0.220 e. The van der Waals surface area contributed by atoms with Gasteiger partial charge >= 0.3 is 0 Å². The van der Waals surface area contributed by atoms with Gasteiger partial charge in [0.2, 0.25) is 5.91 Å². The Kier molecular flexibility index (Phi) is 21.0. The Labute approximate surface area is 331 Å². The number of carbonyl (C=O) groups is 1. The molecule has 1 amide bonds. The van der Waals surface area contributed by atoms with Crippen molar-refractivity contribution >= 4 is 48.4 Å². The van der Waals surface area contributed by atoms with Gasteiger partial charge in [-0.15, -0.1) is 24.0 Å². The molecule has 2 aliphatic carbocycles. The van der Waals surface area contributed by atoms with Crippen molar-refractivity contribution in [3.05, 3.63) is 101 Å². The molecule has 1 aromatic carbocycles. The first kappa shape index (κ1) is 45.0. The van der Waals surface area contributed by atoms with Gasteiger partial charge in [0.25, 0.3) is 0 Å². The van der Waals surface area contributed by atoms with Gasteiger partial charge < -0.3 is 10.2 Å². The van der Waals surface area contributed by atoms with E-state index < -0.39 is 0 Å². The van der Waals surface area contributed by atoms with Gasteiger partial charge in [-0.25, -0.2) is 20.8 Å². The number of carbonyl (C=O) groups excluding carboxylic acids is 1. The summed E-state index contributed by atoms with van der Waals surface area (Å²) in [5, 5.41) is 11.6. The Hall–Kier alpha value is -3.16. The SMILES string of the molecule is C=C(C)/C=C1/N=CC(/C=C/c2ccccc2)=C(/N=C/C2=CCC(CN(CCC)CCCC(=O)NCCC34CC3NCN4)C=C2)N1N.CC.CCC.I. The molecule has 52 heavy (non-hydrogen) atoms. The van der Waals surface area contributed by atoms with Gasteiger partial charge in [-0.2, -0.15) is 0 Å². The van der Waals surface area contributed by atoms with E-state index in [-0.39, 0.29) is 35.4 Å². The molecule has 0 bridgehead atoms. The van der Waals surface area contributed by atoms with Crippen LogP contribution in [0.1, 0.15) is 92.1 Å². The monoisotopic (exact) mass is 824 g/mol. The van der Waals surface area contributed by atoms with Crippen molar-refractivity contribution in [2.45, 2.75) is 98.1 Å². The van der Waals surface area contributed by atoms with Crippen LogP contribution in [-0.4, -0.2) is 72.7 Å². The second-order valence-electron chi connectivity index (χ2n) is 13.5. The summed E-state index contributed by atoms with van der Waals surface area (Å²) in [6.07, 6.45) is 23.1. The van der Waals surface area contributed by atoms with Crippen LogP contribution in [0.4, 0.5) is 0 Å². The molecule has 3 unspecified atom stereocenters. The summed E-state index contributed by atoms with van der Waals surface area (Å²) in [6.45, 7) is 20.9. The molecule has 3 atom stereocenters. The maximum absolute atomic E-state index is 12.5. The van der Waals surface area contributed by atoms with Gasteiger partial charge in [0, 0.05) is 55.8 Å². The molecule has 0 radical (unpaired) electrons. The van der Waals surface area contributed by atoms with Gasteiger partial charge in [0.05, 0.1) is 0 Å². The minimum absolute atomic E-state index is 0. The van der Waals surface area contributed by atoms with Crippen LogP contribution in [0, 0.1) is 5.92 Å². The van der Waals surface area contributed by atoms with Crippen molar-refractivity contribution < 1.29 is 4.79 Å². The van der Waals surface area contributed by atoms with Crippen LogP contribution in [0.3, 0.4) is 0 Å². The van der Waals surface area contributed by atoms with Gasteiger partial charge in [-0.3, -0.25) is 15.4 Å². The number of fused-ring (bicyclic) bond motifs is 1. The molecule has 1 saturated carbocycles. The van der Waals surface area contributed by atoms with E-state index in [1.165, 1.54) is 17.9 Å². The molecule has 10 heteroatoms. The van der Waals surface area contributed by atoms with Crippen LogP contribution in [0.15, 0.2) is 106 Å². The van der Waals surface area contributed by atoms with Crippen molar-refractivity contribution in [3.63, 3.8) is 0 Å². The molecule has 286 valence electrons. The Morgan fingerprint density at radius 3 is 2.56 bits per heavy atom. The number of aliphatic imine (C=N–C) groups is 2. The molecular formula is C42H65IN8O. The van der Waals surface area contributed by atoms with Crippen molar-refractivity contribution in [2.75, 3.05) is 32.8 Å². The number of hydrogen-bond donors (Lipinski definition) is 4. The number of hydrogen-bond acceptors (Lipinski definition) is 8. The number of halogens is 1. The summed E-state index contributed by atoms with van der Waals surface area (Å²) in [5.74, 6) is 8.30. The molecule has 2 fully saturated rings. The van der Waals surface area contributed by atoms with Crippen LogP contribution >= 0.6 is 24.0 Å². The summed E-state index contributed by atoms with van der Waals surface area (Å²) >= 11 is 0. The second kappa shape index (κ2) is 24.2. The number of benzene rings is 1. The zero-order chi connectivity index (χ0) is 37.1. The maximum atomic E-state index is 12.5. The highest BCUT2D eigenvalue weighted by atomic mass is 127. The predicted molar refractivity (Wildman–Crippen MR) is 232 cm³/mol. The van der Waals surface area contributed by atoms with Crippen molar-refractivity contribution in [3.8, 4) is 0 Å². The molecule has 2 aliphatic heterocycles. The zero-order valence-corrected chi connectivity index (χ0v) is 34.9. The quantitative estimate of drug-likeness (QED) is 0.0768. The van der Waals surface area contributed by atoms with Gasteiger partial charge in [-0.1, -0.05) is 108 Å². The summed E-state index contributed by atoms with van der Waals surface area (Å²) in [5.41, 5.74) is 4.06. The first-order chi connectivity index (χ1) is 24.8. The Morgan fingerprint density at radius 1 is 1.19 bits per heavy atom. The molecule has 0 aromatic heterocycles. The predicted octanol–water partition coefficient (Wildman–Crippen LogP) is 7.88. The normalized spacial score (nSPS) is 22.4. The third-order valence-corrected chi connectivity index (χ3v) is 8.92. The Morgan fingerprint density at radius 2 is 1.94 bits per heavy atom. The van der Waals surface area contributed by atoms with E-state index in [0.29, 0.717) is 30.0 Å². The third kappa shape index (κ3) is 14.7. The standard InChI is InChI=1S/C37H50N8O.C3H8.C2H6.HI/c1-4-20-44(21-8-11-35(46)39-19-18-37-23-33(37)42-27-43-37)26-31-14-12-30(13-15-31)24-41-36-32(17-16-29-9-6-5-7-10-29)25-40-34(45(36)38)22-28(2)3;1-3-2;1-2;/h5-7,9-10,12-14,16-17,22,24-25,31,33,42-43H,2,4,8,11,15,18-21,23,26-27,38H2,1,3H3,(H,39,46);3H2,1-2H3;1-2H3;1H/b17-16+,34-22-,41-24+;;;. The fourth-order valence-corrected chi connectivity index (χ4v) is 6.28. The zero-order valence-electron chi connectivity index (χ0n) is 32.5. The summed E-state index contributed by atoms with van der Waals surface area (Å²) < 4.78 is 0. The molecule has 0 spiro atoms. The lowest BCUT2D eigenvalue weighted by atomic mass is 9.96. The summed E-state index contributed by atoms with van der Waals surface area (Å²) in [7, 11) is 0. The van der Waals surface area contributed by atoms with E-state index in [4.69, 9.17) is 10.8 Å². The average Bonchev–Trinajstić information content (AvgIpc) is 3.67. The highest BCUT2D eigenvalue weighted by Gasteiger charge is 2.56. The van der Waals surface area contributed by atoms with E-state index in [1.54, 1.807) is 6.21 Å². The van der Waals surface area contributed by atoms with E-state index in [0.717, 1.165) is 80.8 Å². The lowest BCUT2D eigenvalue weighted by Gasteiger charge is -2.26. The van der Waals surface area contributed by atoms with Crippen LogP contribution < -0.4 is 21.8 Å². The van der Waals surface area contributed by atoms with Crippen molar-refractivity contribution in [1.29, 1.82) is 0 Å². The Balaban J connectivity index is 0.00000148. The third-order valence-electron chi connectivity index (χ3n) is 8.92. The number of nitrogens with one attached hydrogen (secondary N) is 3. The highest BCUT2D eigenvalue weighted by molar-refractivity contribution is 14.0.